The molecule has 1 aromatic carbocycles. The molecule has 1 aliphatic carbocycles. The molecule has 1 aromatic heterocycles. The van der Waals surface area contributed by atoms with Crippen molar-refractivity contribution in [2.75, 3.05) is 18.1 Å². The van der Waals surface area contributed by atoms with Crippen LogP contribution in [-0.2, 0) is 14.3 Å². The SMILES string of the molecule is O=C(O)COC(COC(=O)N(c1ccccc1)c1cccnc1)C1CCCCC1. The Hall–Kier alpha value is -2.93. The third-order valence-electron chi connectivity index (χ3n) is 5.07. The van der Waals surface area contributed by atoms with Crippen molar-refractivity contribution in [3.63, 3.8) is 0 Å². The highest BCUT2D eigenvalue weighted by molar-refractivity contribution is 5.95. The number of anilines is 2. The van der Waals surface area contributed by atoms with E-state index in [0.29, 0.717) is 11.4 Å². The zero-order valence-corrected chi connectivity index (χ0v) is 16.3. The Morgan fingerprint density at radius 3 is 2.45 bits per heavy atom. The van der Waals surface area contributed by atoms with E-state index in [0.717, 1.165) is 25.7 Å². The molecule has 29 heavy (non-hydrogen) atoms. The van der Waals surface area contributed by atoms with Crippen LogP contribution in [0, 0.1) is 5.92 Å². The Labute approximate surface area is 170 Å². The minimum atomic E-state index is -1.03. The van der Waals surface area contributed by atoms with Gasteiger partial charge in [0.05, 0.1) is 23.7 Å². The first kappa shape index (κ1) is 20.8. The van der Waals surface area contributed by atoms with Crippen LogP contribution in [0.4, 0.5) is 16.2 Å². The van der Waals surface area contributed by atoms with Gasteiger partial charge < -0.3 is 14.6 Å². The summed E-state index contributed by atoms with van der Waals surface area (Å²) in [6.45, 7) is -0.385. The summed E-state index contributed by atoms with van der Waals surface area (Å²) in [5, 5.41) is 8.98. The second-order valence-electron chi connectivity index (χ2n) is 7.10. The summed E-state index contributed by atoms with van der Waals surface area (Å²) in [5.41, 5.74) is 1.25. The van der Waals surface area contributed by atoms with Crippen LogP contribution in [0.3, 0.4) is 0 Å². The zero-order chi connectivity index (χ0) is 20.5. The second kappa shape index (κ2) is 10.6. The highest BCUT2D eigenvalue weighted by Crippen LogP contribution is 2.29. The number of carboxylic acid groups (broad SMARTS) is 1. The summed E-state index contributed by atoms with van der Waals surface area (Å²) in [6, 6.07) is 12.7. The summed E-state index contributed by atoms with van der Waals surface area (Å²) >= 11 is 0. The number of aromatic nitrogens is 1. The van der Waals surface area contributed by atoms with E-state index in [-0.39, 0.29) is 12.5 Å². The van der Waals surface area contributed by atoms with Crippen LogP contribution in [0.15, 0.2) is 54.9 Å². The van der Waals surface area contributed by atoms with Gasteiger partial charge in [0, 0.05) is 6.20 Å². The molecule has 1 unspecified atom stereocenters. The van der Waals surface area contributed by atoms with Crippen molar-refractivity contribution in [1.82, 2.24) is 4.98 Å². The molecule has 154 valence electrons. The quantitative estimate of drug-likeness (QED) is 0.709. The first-order chi connectivity index (χ1) is 14.1. The van der Waals surface area contributed by atoms with Gasteiger partial charge in [-0.05, 0) is 43.0 Å². The zero-order valence-electron chi connectivity index (χ0n) is 16.3. The Kier molecular flexibility index (Phi) is 7.58. The average Bonchev–Trinajstić information content (AvgIpc) is 2.76. The van der Waals surface area contributed by atoms with Gasteiger partial charge in [-0.3, -0.25) is 4.98 Å². The summed E-state index contributed by atoms with van der Waals surface area (Å²) < 4.78 is 11.2. The molecule has 7 heteroatoms. The number of pyridine rings is 1. The van der Waals surface area contributed by atoms with Crippen LogP contribution < -0.4 is 4.90 Å². The number of rotatable bonds is 8. The fourth-order valence-corrected chi connectivity index (χ4v) is 3.65. The van der Waals surface area contributed by atoms with E-state index >= 15 is 0 Å². The van der Waals surface area contributed by atoms with Crippen LogP contribution in [-0.4, -0.2) is 41.5 Å². The molecule has 2 aromatic rings. The van der Waals surface area contributed by atoms with Crippen molar-refractivity contribution in [3.05, 3.63) is 54.9 Å². The molecule has 1 aliphatic rings. The minimum absolute atomic E-state index is 0.0143. The Bertz CT molecular complexity index is 739. The summed E-state index contributed by atoms with van der Waals surface area (Å²) in [4.78, 5) is 29.5. The number of hydrogen-bond acceptors (Lipinski definition) is 5. The van der Waals surface area contributed by atoms with Crippen molar-refractivity contribution >= 4 is 23.4 Å². The monoisotopic (exact) mass is 398 g/mol. The van der Waals surface area contributed by atoms with Gasteiger partial charge in [0.15, 0.2) is 0 Å². The average molecular weight is 398 g/mol. The van der Waals surface area contributed by atoms with Gasteiger partial charge in [0.25, 0.3) is 0 Å². The maximum atomic E-state index is 13.0. The van der Waals surface area contributed by atoms with Gasteiger partial charge in [-0.15, -0.1) is 0 Å². The van der Waals surface area contributed by atoms with Gasteiger partial charge >= 0.3 is 12.1 Å². The summed E-state index contributed by atoms with van der Waals surface area (Å²) in [7, 11) is 0. The summed E-state index contributed by atoms with van der Waals surface area (Å²) in [5.74, 6) is -0.835. The highest BCUT2D eigenvalue weighted by atomic mass is 16.6. The number of para-hydroxylation sites is 1. The lowest BCUT2D eigenvalue weighted by molar-refractivity contribution is -0.147. The van der Waals surface area contributed by atoms with E-state index in [9.17, 15) is 9.59 Å². The van der Waals surface area contributed by atoms with Crippen molar-refractivity contribution in [3.8, 4) is 0 Å². The van der Waals surface area contributed by atoms with Crippen LogP contribution in [0.5, 0.6) is 0 Å². The fraction of sp³-hybridized carbons (Fsp3) is 0.409. The van der Waals surface area contributed by atoms with Gasteiger partial charge in [-0.25, -0.2) is 14.5 Å². The molecule has 1 fully saturated rings. The number of nitrogens with zero attached hydrogens (tertiary/aromatic N) is 2. The van der Waals surface area contributed by atoms with E-state index in [2.05, 4.69) is 4.98 Å². The topological polar surface area (TPSA) is 89.0 Å². The lowest BCUT2D eigenvalue weighted by Gasteiger charge is -2.30. The van der Waals surface area contributed by atoms with Crippen LogP contribution in [0.1, 0.15) is 32.1 Å². The molecular weight excluding hydrogens is 372 g/mol. The maximum Gasteiger partial charge on any atom is 0.419 e. The van der Waals surface area contributed by atoms with Gasteiger partial charge in [0.1, 0.15) is 13.2 Å². The molecule has 1 saturated carbocycles. The molecule has 1 N–H and O–H groups in total. The third kappa shape index (κ3) is 6.02. The lowest BCUT2D eigenvalue weighted by Crippen LogP contribution is -2.36. The predicted molar refractivity (Wildman–Crippen MR) is 108 cm³/mol. The minimum Gasteiger partial charge on any atom is -0.480 e. The highest BCUT2D eigenvalue weighted by Gasteiger charge is 2.28. The van der Waals surface area contributed by atoms with E-state index in [4.69, 9.17) is 14.6 Å². The number of amides is 1. The molecule has 1 amide bonds. The Balaban J connectivity index is 1.72. The normalized spacial score (nSPS) is 15.4. The molecule has 3 rings (SSSR count). The lowest BCUT2D eigenvalue weighted by atomic mass is 9.85. The van der Waals surface area contributed by atoms with Crippen molar-refractivity contribution in [1.29, 1.82) is 0 Å². The molecule has 0 saturated heterocycles. The number of benzene rings is 1. The number of carbonyl (C=O) groups is 2. The number of carbonyl (C=O) groups excluding carboxylic acids is 1. The molecule has 1 heterocycles. The molecule has 1 atom stereocenters. The number of hydrogen-bond donors (Lipinski definition) is 1. The molecule has 7 nitrogen and oxygen atoms in total. The molecule has 0 bridgehead atoms. The number of carboxylic acids is 1. The Morgan fingerprint density at radius 2 is 1.79 bits per heavy atom. The molecule has 0 aliphatic heterocycles. The van der Waals surface area contributed by atoms with Crippen molar-refractivity contribution in [2.45, 2.75) is 38.2 Å². The van der Waals surface area contributed by atoms with Crippen molar-refractivity contribution in [2.24, 2.45) is 5.92 Å². The van der Waals surface area contributed by atoms with Crippen molar-refractivity contribution < 1.29 is 24.2 Å². The summed E-state index contributed by atoms with van der Waals surface area (Å²) in [6.07, 6.45) is 7.48. The maximum absolute atomic E-state index is 13.0. The van der Waals surface area contributed by atoms with E-state index in [1.165, 1.54) is 11.3 Å². The molecule has 0 radical (unpaired) electrons. The second-order valence-corrected chi connectivity index (χ2v) is 7.10. The van der Waals surface area contributed by atoms with Crippen LogP contribution >= 0.6 is 0 Å². The van der Waals surface area contributed by atoms with Crippen LogP contribution in [0.25, 0.3) is 0 Å². The van der Waals surface area contributed by atoms with Gasteiger partial charge in [0.2, 0.25) is 0 Å². The standard InChI is InChI=1S/C22H26N2O5/c25-21(26)16-28-20(17-8-3-1-4-9-17)15-29-22(27)24(18-10-5-2-6-11-18)19-12-7-13-23-14-19/h2,5-7,10-14,17,20H,1,3-4,8-9,15-16H2,(H,25,26). The third-order valence-corrected chi connectivity index (χ3v) is 5.07. The predicted octanol–water partition coefficient (Wildman–Crippen LogP) is 4.41. The fourth-order valence-electron chi connectivity index (χ4n) is 3.65. The smallest absolute Gasteiger partial charge is 0.419 e. The molecular formula is C22H26N2O5. The van der Waals surface area contributed by atoms with Crippen LogP contribution in [0.2, 0.25) is 0 Å². The van der Waals surface area contributed by atoms with Gasteiger partial charge in [-0.2, -0.15) is 0 Å². The van der Waals surface area contributed by atoms with E-state index < -0.39 is 24.8 Å². The Morgan fingerprint density at radius 1 is 1.07 bits per heavy atom. The van der Waals surface area contributed by atoms with Gasteiger partial charge in [-0.1, -0.05) is 37.5 Å². The largest absolute Gasteiger partial charge is 0.480 e. The number of ether oxygens (including phenoxy) is 2. The first-order valence-corrected chi connectivity index (χ1v) is 9.90. The first-order valence-electron chi connectivity index (χ1n) is 9.90. The van der Waals surface area contributed by atoms with E-state index in [1.807, 2.05) is 30.3 Å². The van der Waals surface area contributed by atoms with E-state index in [1.54, 1.807) is 24.5 Å². The molecule has 0 spiro atoms. The number of aliphatic carboxylic acids is 1.